The Morgan fingerprint density at radius 3 is 2.00 bits per heavy atom. The fourth-order valence-electron chi connectivity index (χ4n) is 2.63. The molecule has 0 aliphatic rings. The lowest BCUT2D eigenvalue weighted by atomic mass is 10.1. The third-order valence-electron chi connectivity index (χ3n) is 4.49. The third-order valence-corrected chi connectivity index (χ3v) is 4.49. The Hall–Kier alpha value is -3.21. The summed E-state index contributed by atoms with van der Waals surface area (Å²) in [5, 5.41) is 8.46. The number of hydrogen-bond donors (Lipinski definition) is 0. The normalized spacial score (nSPS) is 11.4. The Morgan fingerprint density at radius 2 is 1.47 bits per heavy atom. The summed E-state index contributed by atoms with van der Waals surface area (Å²) < 4.78 is 5.34. The molecule has 5 nitrogen and oxygen atoms in total. The van der Waals surface area contributed by atoms with E-state index in [0.717, 1.165) is 24.2 Å². The number of azo groups is 1. The number of allylic oxidation sites excluding steroid dienone is 3. The van der Waals surface area contributed by atoms with Gasteiger partial charge in [0.05, 0.1) is 16.9 Å². The zero-order chi connectivity index (χ0) is 21.9. The number of rotatable bonds is 9. The molecule has 0 aliphatic carbocycles. The smallest absolute Gasteiger partial charge is 0.338 e. The SMILES string of the molecule is CC(C)=CCC/C(C)=C\COC(=O)c1ccc(N=Nc2ccc(N(C)C)cc2)cc1. The lowest BCUT2D eigenvalue weighted by Crippen LogP contribution is -2.07. The van der Waals surface area contributed by atoms with Crippen molar-refractivity contribution in [2.45, 2.75) is 33.6 Å². The number of anilines is 1. The minimum atomic E-state index is -0.342. The number of ether oxygens (including phenoxy) is 1. The van der Waals surface area contributed by atoms with E-state index in [2.05, 4.69) is 37.1 Å². The van der Waals surface area contributed by atoms with E-state index in [1.54, 1.807) is 24.3 Å². The number of nitrogens with zero attached hydrogens (tertiary/aromatic N) is 3. The first-order chi connectivity index (χ1) is 14.3. The molecule has 0 saturated heterocycles. The van der Waals surface area contributed by atoms with Gasteiger partial charge >= 0.3 is 5.97 Å². The Labute approximate surface area is 179 Å². The fraction of sp³-hybridized carbons (Fsp3) is 0.320. The Bertz CT molecular complexity index is 904. The first kappa shape index (κ1) is 23.1. The number of hydrogen-bond acceptors (Lipinski definition) is 5. The summed E-state index contributed by atoms with van der Waals surface area (Å²) in [6.07, 6.45) is 6.15. The van der Waals surface area contributed by atoms with E-state index in [-0.39, 0.29) is 12.6 Å². The van der Waals surface area contributed by atoms with Crippen molar-refractivity contribution in [3.63, 3.8) is 0 Å². The average molecular weight is 406 g/mol. The minimum absolute atomic E-state index is 0.282. The molecule has 0 aliphatic heterocycles. The van der Waals surface area contributed by atoms with E-state index in [1.165, 1.54) is 11.1 Å². The van der Waals surface area contributed by atoms with Crippen LogP contribution in [0, 0.1) is 0 Å². The Morgan fingerprint density at radius 1 is 0.900 bits per heavy atom. The minimum Gasteiger partial charge on any atom is -0.458 e. The second-order valence-corrected chi connectivity index (χ2v) is 7.63. The van der Waals surface area contributed by atoms with Crippen LogP contribution in [0.5, 0.6) is 0 Å². The molecule has 0 saturated carbocycles. The van der Waals surface area contributed by atoms with Crippen LogP contribution >= 0.6 is 0 Å². The van der Waals surface area contributed by atoms with Gasteiger partial charge in [-0.1, -0.05) is 17.2 Å². The number of carbonyl (C=O) groups is 1. The van der Waals surface area contributed by atoms with E-state index >= 15 is 0 Å². The first-order valence-electron chi connectivity index (χ1n) is 10.1. The molecule has 158 valence electrons. The largest absolute Gasteiger partial charge is 0.458 e. The van der Waals surface area contributed by atoms with Gasteiger partial charge in [0, 0.05) is 19.8 Å². The van der Waals surface area contributed by atoms with Crippen LogP contribution in [0.3, 0.4) is 0 Å². The van der Waals surface area contributed by atoms with Crippen molar-refractivity contribution in [2.24, 2.45) is 10.2 Å². The maximum Gasteiger partial charge on any atom is 0.338 e. The van der Waals surface area contributed by atoms with E-state index < -0.39 is 0 Å². The molecule has 2 aromatic carbocycles. The standard InChI is InChI=1S/C25H31N3O2/c1-19(2)7-6-8-20(3)17-18-30-25(29)21-9-11-22(12-10-21)26-27-23-13-15-24(16-14-23)28(4)5/h7,9-17H,6,8,18H2,1-5H3/b20-17-,27-26?. The molecule has 2 aromatic rings. The molecular formula is C25H31N3O2. The van der Waals surface area contributed by atoms with Gasteiger partial charge in [-0.15, -0.1) is 0 Å². The highest BCUT2D eigenvalue weighted by Crippen LogP contribution is 2.21. The summed E-state index contributed by atoms with van der Waals surface area (Å²) in [6, 6.07) is 14.7. The van der Waals surface area contributed by atoms with Crippen LogP contribution in [-0.4, -0.2) is 26.7 Å². The van der Waals surface area contributed by atoms with E-state index in [1.807, 2.05) is 49.3 Å². The van der Waals surface area contributed by atoms with Crippen LogP contribution in [0.2, 0.25) is 0 Å². The maximum atomic E-state index is 12.2. The monoisotopic (exact) mass is 405 g/mol. The fourth-order valence-corrected chi connectivity index (χ4v) is 2.63. The van der Waals surface area contributed by atoms with Crippen LogP contribution in [-0.2, 0) is 4.74 Å². The summed E-state index contributed by atoms with van der Waals surface area (Å²) in [5.74, 6) is -0.342. The lowest BCUT2D eigenvalue weighted by molar-refractivity contribution is 0.0549. The zero-order valence-electron chi connectivity index (χ0n) is 18.6. The molecule has 0 bridgehead atoms. The second kappa shape index (κ2) is 11.7. The second-order valence-electron chi connectivity index (χ2n) is 7.63. The molecule has 0 aromatic heterocycles. The van der Waals surface area contributed by atoms with Gasteiger partial charge in [-0.2, -0.15) is 10.2 Å². The average Bonchev–Trinajstić information content (AvgIpc) is 2.72. The molecule has 0 fully saturated rings. The number of benzene rings is 2. The van der Waals surface area contributed by atoms with Crippen LogP contribution in [0.15, 0.2) is 82.1 Å². The van der Waals surface area contributed by atoms with Crippen molar-refractivity contribution in [3.05, 3.63) is 77.4 Å². The quantitative estimate of drug-likeness (QED) is 0.256. The van der Waals surface area contributed by atoms with Crippen molar-refractivity contribution in [1.82, 2.24) is 0 Å². The molecule has 30 heavy (non-hydrogen) atoms. The lowest BCUT2D eigenvalue weighted by Gasteiger charge is -2.11. The van der Waals surface area contributed by atoms with Gasteiger partial charge in [0.25, 0.3) is 0 Å². The van der Waals surface area contributed by atoms with Crippen molar-refractivity contribution >= 4 is 23.0 Å². The van der Waals surface area contributed by atoms with E-state index in [0.29, 0.717) is 11.3 Å². The number of esters is 1. The van der Waals surface area contributed by atoms with Gasteiger partial charge in [-0.3, -0.25) is 0 Å². The van der Waals surface area contributed by atoms with Gasteiger partial charge in [0.15, 0.2) is 0 Å². The van der Waals surface area contributed by atoms with Gasteiger partial charge in [-0.05, 0) is 88.2 Å². The molecule has 0 radical (unpaired) electrons. The van der Waals surface area contributed by atoms with Gasteiger partial charge in [0.1, 0.15) is 6.61 Å². The van der Waals surface area contributed by atoms with Crippen molar-refractivity contribution in [3.8, 4) is 0 Å². The van der Waals surface area contributed by atoms with Crippen LogP contribution in [0.25, 0.3) is 0 Å². The first-order valence-corrected chi connectivity index (χ1v) is 10.1. The number of carbonyl (C=O) groups excluding carboxylic acids is 1. The predicted octanol–water partition coefficient (Wildman–Crippen LogP) is 7.02. The summed E-state index contributed by atoms with van der Waals surface area (Å²) in [5.41, 5.74) is 5.60. The van der Waals surface area contributed by atoms with E-state index in [4.69, 9.17) is 4.74 Å². The Kier molecular flexibility index (Phi) is 9.01. The maximum absolute atomic E-state index is 12.2. The zero-order valence-corrected chi connectivity index (χ0v) is 18.6. The van der Waals surface area contributed by atoms with Crippen molar-refractivity contribution in [1.29, 1.82) is 0 Å². The molecule has 0 N–H and O–H groups in total. The summed E-state index contributed by atoms with van der Waals surface area (Å²) in [6.45, 7) is 6.52. The topological polar surface area (TPSA) is 54.3 Å². The molecule has 0 amide bonds. The van der Waals surface area contributed by atoms with Crippen molar-refractivity contribution < 1.29 is 9.53 Å². The molecule has 0 spiro atoms. The van der Waals surface area contributed by atoms with Gasteiger partial charge in [0.2, 0.25) is 0 Å². The van der Waals surface area contributed by atoms with E-state index in [9.17, 15) is 4.79 Å². The summed E-state index contributed by atoms with van der Waals surface area (Å²) in [7, 11) is 3.99. The highest BCUT2D eigenvalue weighted by molar-refractivity contribution is 5.89. The van der Waals surface area contributed by atoms with Crippen molar-refractivity contribution in [2.75, 3.05) is 25.6 Å². The Balaban J connectivity index is 1.85. The molecule has 0 heterocycles. The van der Waals surface area contributed by atoms with Crippen LogP contribution < -0.4 is 4.90 Å². The van der Waals surface area contributed by atoms with Gasteiger partial charge < -0.3 is 9.64 Å². The van der Waals surface area contributed by atoms with Gasteiger partial charge in [-0.25, -0.2) is 4.79 Å². The third kappa shape index (κ3) is 8.03. The molecular weight excluding hydrogens is 374 g/mol. The van der Waals surface area contributed by atoms with Crippen LogP contribution in [0.4, 0.5) is 17.1 Å². The highest BCUT2D eigenvalue weighted by atomic mass is 16.5. The predicted molar refractivity (Wildman–Crippen MR) is 124 cm³/mol. The highest BCUT2D eigenvalue weighted by Gasteiger charge is 2.06. The molecule has 0 atom stereocenters. The summed E-state index contributed by atoms with van der Waals surface area (Å²) >= 11 is 0. The summed E-state index contributed by atoms with van der Waals surface area (Å²) in [4.78, 5) is 14.2. The molecule has 0 unspecified atom stereocenters. The molecule has 5 heteroatoms. The van der Waals surface area contributed by atoms with Crippen LogP contribution in [0.1, 0.15) is 44.0 Å². The molecule has 2 rings (SSSR count).